The first-order chi connectivity index (χ1) is 16.5. The van der Waals surface area contributed by atoms with Crippen LogP contribution in [0.1, 0.15) is 0 Å². The van der Waals surface area contributed by atoms with Crippen molar-refractivity contribution in [3.63, 3.8) is 0 Å². The zero-order valence-corrected chi connectivity index (χ0v) is 19.0. The summed E-state index contributed by atoms with van der Waals surface area (Å²) >= 11 is 3.60. The number of ether oxygens (including phenoxy) is 5. The number of aliphatic hydroxyl groups is 10. The summed E-state index contributed by atoms with van der Waals surface area (Å²) in [5.74, 6) is 0. The van der Waals surface area contributed by atoms with Gasteiger partial charge in [0.1, 0.15) is 73.2 Å². The van der Waals surface area contributed by atoms with Crippen LogP contribution in [0.5, 0.6) is 0 Å². The fraction of sp³-hybridized carbons (Fsp3) is 1.00. The third kappa shape index (κ3) is 6.07. The highest BCUT2D eigenvalue weighted by Gasteiger charge is 2.52. The lowest BCUT2D eigenvalue weighted by Gasteiger charge is -2.46. The second-order valence-corrected chi connectivity index (χ2v) is 8.67. The zero-order valence-electron chi connectivity index (χ0n) is 18.2. The molecule has 16 nitrogen and oxygen atoms in total. The molecule has 0 radical (unpaired) electrons. The van der Waals surface area contributed by atoms with Gasteiger partial charge in [-0.3, -0.25) is 4.18 Å². The zero-order chi connectivity index (χ0) is 26.0. The van der Waals surface area contributed by atoms with Crippen LogP contribution in [0.2, 0.25) is 0 Å². The summed E-state index contributed by atoms with van der Waals surface area (Å²) in [6.07, 6.45) is -24.0. The van der Waals surface area contributed by atoms with E-state index >= 15 is 0 Å². The van der Waals surface area contributed by atoms with E-state index in [-0.39, 0.29) is 0 Å². The van der Waals surface area contributed by atoms with Crippen molar-refractivity contribution >= 4 is 12.9 Å². The minimum atomic E-state index is -1.82. The van der Waals surface area contributed by atoms with Gasteiger partial charge in [0.15, 0.2) is 18.9 Å². The van der Waals surface area contributed by atoms with Gasteiger partial charge in [0.2, 0.25) is 0 Å². The molecule has 0 aliphatic carbocycles. The Morgan fingerprint density at radius 2 is 1.03 bits per heavy atom. The van der Waals surface area contributed by atoms with Gasteiger partial charge >= 0.3 is 0 Å². The largest absolute Gasteiger partial charge is 0.394 e. The lowest BCUT2D eigenvalue weighted by molar-refractivity contribution is -0.358. The van der Waals surface area contributed by atoms with E-state index in [0.717, 1.165) is 0 Å². The molecule has 0 aromatic rings. The van der Waals surface area contributed by atoms with Gasteiger partial charge in [0, 0.05) is 0 Å². The standard InChI is InChI=1S/C18H32O16S/c19-1-4-7(21)10(24)12(26)16(30-4)29-3-6-9(23)15(14(28)18(32-6)34-35)33-17-13(27)11(25)8(22)5(2-20)31-17/h4-28,35H,1-3H2. The number of hydrogen-bond donors (Lipinski definition) is 11. The van der Waals surface area contributed by atoms with E-state index in [1.54, 1.807) is 0 Å². The Morgan fingerprint density at radius 3 is 1.54 bits per heavy atom. The summed E-state index contributed by atoms with van der Waals surface area (Å²) < 4.78 is 31.4. The van der Waals surface area contributed by atoms with Gasteiger partial charge in [0.05, 0.1) is 19.8 Å². The minimum Gasteiger partial charge on any atom is -0.394 e. The van der Waals surface area contributed by atoms with E-state index in [1.165, 1.54) is 0 Å². The van der Waals surface area contributed by atoms with Gasteiger partial charge in [-0.2, -0.15) is 0 Å². The van der Waals surface area contributed by atoms with Crippen molar-refractivity contribution in [1.29, 1.82) is 0 Å². The van der Waals surface area contributed by atoms with Crippen molar-refractivity contribution in [2.75, 3.05) is 19.8 Å². The molecule has 3 aliphatic heterocycles. The molecule has 0 aromatic heterocycles. The highest BCUT2D eigenvalue weighted by molar-refractivity contribution is 7.75. The summed E-state index contributed by atoms with van der Waals surface area (Å²) in [5, 5.41) is 99.7. The monoisotopic (exact) mass is 536 g/mol. The van der Waals surface area contributed by atoms with Gasteiger partial charge in [0.25, 0.3) is 0 Å². The van der Waals surface area contributed by atoms with E-state index in [9.17, 15) is 51.1 Å². The average Bonchev–Trinajstić information content (AvgIpc) is 2.85. The third-order valence-corrected chi connectivity index (χ3v) is 6.37. The van der Waals surface area contributed by atoms with Crippen molar-refractivity contribution in [2.45, 2.75) is 92.1 Å². The Hall–Kier alpha value is -0.290. The fourth-order valence-corrected chi connectivity index (χ4v) is 4.19. The van der Waals surface area contributed by atoms with Crippen molar-refractivity contribution in [3.05, 3.63) is 0 Å². The van der Waals surface area contributed by atoms with Gasteiger partial charge in [-0.05, 0) is 12.9 Å². The summed E-state index contributed by atoms with van der Waals surface area (Å²) in [6.45, 7) is -1.98. The van der Waals surface area contributed by atoms with Crippen molar-refractivity contribution in [1.82, 2.24) is 0 Å². The maximum absolute atomic E-state index is 10.8. The molecule has 0 amide bonds. The first kappa shape index (κ1) is 29.3. The molecule has 3 rings (SSSR count). The molecule has 15 unspecified atom stereocenters. The molecule has 15 atom stereocenters. The molecule has 0 aromatic carbocycles. The minimum absolute atomic E-state index is 0.557. The third-order valence-electron chi connectivity index (χ3n) is 6.16. The lowest BCUT2D eigenvalue weighted by atomic mass is 9.97. The van der Waals surface area contributed by atoms with Crippen LogP contribution in [-0.2, 0) is 27.9 Å². The van der Waals surface area contributed by atoms with Crippen molar-refractivity contribution in [2.24, 2.45) is 0 Å². The molecular formula is C18H32O16S. The Labute approximate surface area is 204 Å². The van der Waals surface area contributed by atoms with Crippen LogP contribution in [0.15, 0.2) is 0 Å². The van der Waals surface area contributed by atoms with Gasteiger partial charge in [-0.25, -0.2) is 0 Å². The van der Waals surface area contributed by atoms with E-state index in [0.29, 0.717) is 0 Å². The second-order valence-electron chi connectivity index (χ2n) is 8.46. The number of thiol groups is 1. The summed E-state index contributed by atoms with van der Waals surface area (Å²) in [6, 6.07) is 0. The maximum atomic E-state index is 10.8. The topological polar surface area (TPSA) is 258 Å². The molecule has 17 heteroatoms. The summed E-state index contributed by atoms with van der Waals surface area (Å²) in [4.78, 5) is 0. The van der Waals surface area contributed by atoms with E-state index < -0.39 is 112 Å². The van der Waals surface area contributed by atoms with Crippen LogP contribution < -0.4 is 0 Å². The molecule has 3 saturated heterocycles. The molecule has 10 N–H and O–H groups in total. The van der Waals surface area contributed by atoms with Crippen LogP contribution in [0.4, 0.5) is 0 Å². The van der Waals surface area contributed by atoms with Crippen LogP contribution in [-0.4, -0.2) is 163 Å². The highest BCUT2D eigenvalue weighted by atomic mass is 32.1. The summed E-state index contributed by atoms with van der Waals surface area (Å²) in [7, 11) is 0. The predicted octanol–water partition coefficient (Wildman–Crippen LogP) is -6.70. The molecule has 3 aliphatic rings. The highest BCUT2D eigenvalue weighted by Crippen LogP contribution is 2.31. The average molecular weight is 537 g/mol. The molecular weight excluding hydrogens is 504 g/mol. The quantitative estimate of drug-likeness (QED) is 0.102. The molecule has 0 bridgehead atoms. The second kappa shape index (κ2) is 12.5. The predicted molar refractivity (Wildman–Crippen MR) is 109 cm³/mol. The van der Waals surface area contributed by atoms with Crippen LogP contribution in [0.3, 0.4) is 0 Å². The molecule has 206 valence electrons. The first-order valence-corrected chi connectivity index (χ1v) is 11.1. The molecule has 0 saturated carbocycles. The number of hydrogen-bond acceptors (Lipinski definition) is 17. The number of aliphatic hydroxyl groups excluding tert-OH is 10. The Morgan fingerprint density at radius 1 is 0.543 bits per heavy atom. The van der Waals surface area contributed by atoms with Crippen LogP contribution >= 0.6 is 12.9 Å². The summed E-state index contributed by atoms with van der Waals surface area (Å²) in [5.41, 5.74) is 0. The fourth-order valence-electron chi connectivity index (χ4n) is 4.02. The van der Waals surface area contributed by atoms with Gasteiger partial charge in [-0.15, -0.1) is 0 Å². The molecule has 3 heterocycles. The van der Waals surface area contributed by atoms with Crippen molar-refractivity contribution < 1.29 is 78.9 Å². The normalized spacial score (nSPS) is 51.3. The molecule has 35 heavy (non-hydrogen) atoms. The molecule has 3 fully saturated rings. The van der Waals surface area contributed by atoms with E-state index in [2.05, 4.69) is 12.9 Å². The number of rotatable bonds is 8. The van der Waals surface area contributed by atoms with E-state index in [4.69, 9.17) is 27.9 Å². The maximum Gasteiger partial charge on any atom is 0.199 e. The van der Waals surface area contributed by atoms with Gasteiger partial charge < -0.3 is 74.7 Å². The Balaban J connectivity index is 1.69. The van der Waals surface area contributed by atoms with Gasteiger partial charge in [-0.1, -0.05) is 0 Å². The van der Waals surface area contributed by atoms with Crippen molar-refractivity contribution in [3.8, 4) is 0 Å². The Bertz CT molecular complexity index is 658. The Kier molecular flexibility index (Phi) is 10.5. The van der Waals surface area contributed by atoms with Crippen LogP contribution in [0.25, 0.3) is 0 Å². The molecule has 0 spiro atoms. The lowest BCUT2D eigenvalue weighted by Crippen LogP contribution is -2.65. The SMILES string of the molecule is OCC1OC(OCC2OC(OS)C(O)C(OC3OC(CO)C(O)C(O)C3O)C2O)C(O)C(O)C1O. The smallest absolute Gasteiger partial charge is 0.199 e. The van der Waals surface area contributed by atoms with E-state index in [1.807, 2.05) is 0 Å². The van der Waals surface area contributed by atoms with Crippen LogP contribution in [0, 0.1) is 0 Å². The first-order valence-electron chi connectivity index (χ1n) is 10.8.